The van der Waals surface area contributed by atoms with Crippen molar-refractivity contribution in [3.8, 4) is 5.69 Å². The number of halogens is 5. The van der Waals surface area contributed by atoms with Gasteiger partial charge in [0.05, 0.1) is 30.5 Å². The molecule has 0 saturated carbocycles. The molecule has 0 aliphatic heterocycles. The minimum absolute atomic E-state index is 0.0136. The van der Waals surface area contributed by atoms with Crippen LogP contribution in [0.2, 0.25) is 0 Å². The molecule has 164 valence electrons. The number of carbonyl (C=O) groups is 1. The quantitative estimate of drug-likeness (QED) is 0.569. The van der Waals surface area contributed by atoms with E-state index in [0.717, 1.165) is 28.9 Å². The monoisotopic (exact) mass is 439 g/mol. The summed E-state index contributed by atoms with van der Waals surface area (Å²) in [5, 5.41) is 15.0. The largest absolute Gasteiger partial charge is 0.435 e. The highest BCUT2D eigenvalue weighted by atomic mass is 19.4. The number of rotatable bonds is 6. The van der Waals surface area contributed by atoms with Crippen LogP contribution in [0.4, 0.5) is 22.0 Å². The molecule has 2 N–H and O–H groups in total. The predicted molar refractivity (Wildman–Crippen MR) is 101 cm³/mol. The van der Waals surface area contributed by atoms with E-state index in [1.165, 1.54) is 31.2 Å². The molecule has 3 rings (SSSR count). The Bertz CT molecular complexity index is 1090. The summed E-state index contributed by atoms with van der Waals surface area (Å²) in [4.78, 5) is 12.5. The predicted octanol–water partition coefficient (Wildman–Crippen LogP) is 4.08. The highest BCUT2D eigenvalue weighted by Crippen LogP contribution is 2.30. The number of alkyl halides is 3. The van der Waals surface area contributed by atoms with Gasteiger partial charge >= 0.3 is 6.18 Å². The number of hydrogen-bond donors (Lipinski definition) is 2. The maximum Gasteiger partial charge on any atom is 0.435 e. The number of amides is 1. The van der Waals surface area contributed by atoms with E-state index in [1.807, 2.05) is 0 Å². The summed E-state index contributed by atoms with van der Waals surface area (Å²) in [6.07, 6.45) is -4.73. The van der Waals surface area contributed by atoms with Crippen molar-refractivity contribution < 1.29 is 31.9 Å². The van der Waals surface area contributed by atoms with Gasteiger partial charge in [-0.1, -0.05) is 18.2 Å². The van der Waals surface area contributed by atoms with Crippen LogP contribution in [-0.4, -0.2) is 20.8 Å². The van der Waals surface area contributed by atoms with Crippen molar-refractivity contribution in [2.24, 2.45) is 0 Å². The van der Waals surface area contributed by atoms with Crippen molar-refractivity contribution in [3.05, 3.63) is 82.7 Å². The van der Waals surface area contributed by atoms with Gasteiger partial charge in [0.2, 0.25) is 5.91 Å². The summed E-state index contributed by atoms with van der Waals surface area (Å²) in [5.74, 6) is -2.69. The van der Waals surface area contributed by atoms with E-state index < -0.39 is 41.9 Å². The van der Waals surface area contributed by atoms with Crippen LogP contribution in [0.15, 0.2) is 48.5 Å². The third-order valence-electron chi connectivity index (χ3n) is 4.71. The molecule has 0 saturated heterocycles. The van der Waals surface area contributed by atoms with Crippen LogP contribution in [0, 0.1) is 11.6 Å². The molecule has 0 aliphatic carbocycles. The number of benzene rings is 2. The van der Waals surface area contributed by atoms with Gasteiger partial charge in [-0.3, -0.25) is 4.79 Å². The first-order chi connectivity index (χ1) is 14.6. The van der Waals surface area contributed by atoms with Gasteiger partial charge in [0, 0.05) is 5.56 Å². The van der Waals surface area contributed by atoms with Crippen molar-refractivity contribution in [1.82, 2.24) is 15.1 Å². The smallest absolute Gasteiger partial charge is 0.392 e. The molecule has 0 spiro atoms. The fraction of sp³-hybridized carbons (Fsp3) is 0.238. The zero-order valence-electron chi connectivity index (χ0n) is 16.3. The highest BCUT2D eigenvalue weighted by molar-refractivity contribution is 5.83. The Hall–Kier alpha value is -3.27. The molecule has 31 heavy (non-hydrogen) atoms. The topological polar surface area (TPSA) is 67.2 Å². The number of aliphatic hydroxyl groups is 1. The van der Waals surface area contributed by atoms with Crippen molar-refractivity contribution >= 4 is 5.91 Å². The zero-order chi connectivity index (χ0) is 22.8. The van der Waals surface area contributed by atoms with Gasteiger partial charge in [-0.15, -0.1) is 0 Å². The average molecular weight is 439 g/mol. The summed E-state index contributed by atoms with van der Waals surface area (Å²) >= 11 is 0. The minimum atomic E-state index is -4.73. The fourth-order valence-corrected chi connectivity index (χ4v) is 2.96. The van der Waals surface area contributed by atoms with Gasteiger partial charge < -0.3 is 10.4 Å². The van der Waals surface area contributed by atoms with E-state index in [4.69, 9.17) is 5.11 Å². The molecule has 5 nitrogen and oxygen atoms in total. The second kappa shape index (κ2) is 8.84. The standard InChI is InChI=1S/C21H18F5N3O2/c1-12(13-5-6-14(11-30)18(23)7-13)20(31)27-10-17-9-19(21(24,25)26)28-29(17)16-4-2-3-15(22)8-16/h2-9,12,30H,10-11H2,1H3,(H,27,31). The van der Waals surface area contributed by atoms with Crippen LogP contribution in [0.1, 0.15) is 35.4 Å². The lowest BCUT2D eigenvalue weighted by molar-refractivity contribution is -0.141. The third-order valence-corrected chi connectivity index (χ3v) is 4.71. The number of nitrogens with zero attached hydrogens (tertiary/aromatic N) is 2. The first-order valence-electron chi connectivity index (χ1n) is 9.19. The van der Waals surface area contributed by atoms with Crippen LogP contribution in [-0.2, 0) is 24.1 Å². The second-order valence-electron chi connectivity index (χ2n) is 6.86. The molecule has 1 amide bonds. The first-order valence-corrected chi connectivity index (χ1v) is 9.19. The second-order valence-corrected chi connectivity index (χ2v) is 6.86. The van der Waals surface area contributed by atoms with E-state index in [9.17, 15) is 26.7 Å². The van der Waals surface area contributed by atoms with Gasteiger partial charge in [0.25, 0.3) is 0 Å². The van der Waals surface area contributed by atoms with E-state index >= 15 is 0 Å². The minimum Gasteiger partial charge on any atom is -0.392 e. The van der Waals surface area contributed by atoms with Crippen molar-refractivity contribution in [2.45, 2.75) is 32.2 Å². The molecule has 0 radical (unpaired) electrons. The fourth-order valence-electron chi connectivity index (χ4n) is 2.96. The van der Waals surface area contributed by atoms with E-state index in [1.54, 1.807) is 0 Å². The van der Waals surface area contributed by atoms with Crippen LogP contribution in [0.25, 0.3) is 5.69 Å². The van der Waals surface area contributed by atoms with Gasteiger partial charge in [-0.2, -0.15) is 18.3 Å². The molecule has 3 aromatic rings. The molecular formula is C21H18F5N3O2. The number of carbonyl (C=O) groups excluding carboxylic acids is 1. The summed E-state index contributed by atoms with van der Waals surface area (Å²) in [6, 6.07) is 9.60. The molecule has 0 aliphatic rings. The van der Waals surface area contributed by atoms with Gasteiger partial charge in [-0.05, 0) is 42.8 Å². The van der Waals surface area contributed by atoms with Crippen LogP contribution >= 0.6 is 0 Å². The molecule has 0 fully saturated rings. The Labute approximate surface area is 174 Å². The molecule has 10 heteroatoms. The van der Waals surface area contributed by atoms with Gasteiger partial charge in [0.1, 0.15) is 11.6 Å². The Morgan fingerprint density at radius 2 is 1.90 bits per heavy atom. The first kappa shape index (κ1) is 22.4. The Kier molecular flexibility index (Phi) is 6.40. The van der Waals surface area contributed by atoms with E-state index in [-0.39, 0.29) is 23.5 Å². The molecule has 2 aromatic carbocycles. The molecule has 1 aromatic heterocycles. The maximum atomic E-state index is 13.9. The lowest BCUT2D eigenvalue weighted by Gasteiger charge is -2.14. The summed E-state index contributed by atoms with van der Waals surface area (Å²) < 4.78 is 67.7. The van der Waals surface area contributed by atoms with Gasteiger partial charge in [0.15, 0.2) is 5.69 Å². The van der Waals surface area contributed by atoms with Crippen LogP contribution in [0.3, 0.4) is 0 Å². The Morgan fingerprint density at radius 1 is 1.16 bits per heavy atom. The summed E-state index contributed by atoms with van der Waals surface area (Å²) in [6.45, 7) is 0.700. The van der Waals surface area contributed by atoms with Crippen LogP contribution < -0.4 is 5.32 Å². The number of nitrogens with one attached hydrogen (secondary N) is 1. The Balaban J connectivity index is 1.82. The summed E-state index contributed by atoms with van der Waals surface area (Å²) in [7, 11) is 0. The number of aromatic nitrogens is 2. The lowest BCUT2D eigenvalue weighted by atomic mass is 9.98. The van der Waals surface area contributed by atoms with Crippen molar-refractivity contribution in [2.75, 3.05) is 0 Å². The Morgan fingerprint density at radius 3 is 2.52 bits per heavy atom. The molecule has 0 bridgehead atoms. The molecule has 1 unspecified atom stereocenters. The lowest BCUT2D eigenvalue weighted by Crippen LogP contribution is -2.28. The number of hydrogen-bond acceptors (Lipinski definition) is 3. The summed E-state index contributed by atoms with van der Waals surface area (Å²) in [5.41, 5.74) is -0.720. The normalized spacial score (nSPS) is 12.6. The zero-order valence-corrected chi connectivity index (χ0v) is 16.3. The molecule has 1 heterocycles. The van der Waals surface area contributed by atoms with Crippen molar-refractivity contribution in [1.29, 1.82) is 0 Å². The van der Waals surface area contributed by atoms with E-state index in [2.05, 4.69) is 10.4 Å². The van der Waals surface area contributed by atoms with Gasteiger partial charge in [-0.25, -0.2) is 13.5 Å². The van der Waals surface area contributed by atoms with Crippen LogP contribution in [0.5, 0.6) is 0 Å². The van der Waals surface area contributed by atoms with E-state index in [0.29, 0.717) is 5.56 Å². The molecular weight excluding hydrogens is 421 g/mol. The maximum absolute atomic E-state index is 13.9. The average Bonchev–Trinajstić information content (AvgIpc) is 3.16. The highest BCUT2D eigenvalue weighted by Gasteiger charge is 2.35. The SMILES string of the molecule is CC(C(=O)NCc1cc(C(F)(F)F)nn1-c1cccc(F)c1)c1ccc(CO)c(F)c1. The van der Waals surface area contributed by atoms with Crippen molar-refractivity contribution in [3.63, 3.8) is 0 Å². The number of aliphatic hydroxyl groups excluding tert-OH is 1. The molecule has 1 atom stereocenters. The third kappa shape index (κ3) is 5.08.